The zero-order valence-corrected chi connectivity index (χ0v) is 19.1. The second kappa shape index (κ2) is 12.8. The highest BCUT2D eigenvalue weighted by atomic mass is 33.1. The van der Waals surface area contributed by atoms with Crippen LogP contribution in [-0.4, -0.2) is 45.1 Å². The Morgan fingerprint density at radius 2 is 1.13 bits per heavy atom. The van der Waals surface area contributed by atoms with E-state index in [2.05, 4.69) is 0 Å². The molecule has 0 bridgehead atoms. The van der Waals surface area contributed by atoms with Crippen LogP contribution in [0.25, 0.3) is 0 Å². The fourth-order valence-corrected chi connectivity index (χ4v) is 5.87. The van der Waals surface area contributed by atoms with Gasteiger partial charge in [0.15, 0.2) is 0 Å². The monoisotopic (exact) mass is 454 g/mol. The Labute approximate surface area is 182 Å². The number of hydrogen-bond acceptors (Lipinski definition) is 6. The number of rotatable bonds is 13. The van der Waals surface area contributed by atoms with Gasteiger partial charge in [0.2, 0.25) is 0 Å². The van der Waals surface area contributed by atoms with Gasteiger partial charge in [-0.05, 0) is 60.4 Å². The van der Waals surface area contributed by atoms with Crippen LogP contribution < -0.4 is 9.47 Å². The van der Waals surface area contributed by atoms with Crippen molar-refractivity contribution >= 4 is 19.7 Å². The number of hydrogen-bond donors (Lipinski definition) is 2. The first kappa shape index (κ1) is 24.5. The third-order valence-corrected chi connectivity index (χ3v) is 7.85. The summed E-state index contributed by atoms with van der Waals surface area (Å²) in [5.41, 5.74) is 1.77. The molecule has 0 fully saturated rings. The fraction of sp³-hybridized carbons (Fsp3) is 0.455. The second-order valence-electron chi connectivity index (χ2n) is 6.65. The van der Waals surface area contributed by atoms with Crippen molar-refractivity contribution in [3.8, 4) is 11.5 Å². The minimum absolute atomic E-state index is 0.0820. The molecule has 0 aromatic heterocycles. The maximum Gasteiger partial charge on any atom is 0.148 e. The summed E-state index contributed by atoms with van der Waals surface area (Å²) in [4.78, 5) is 0.955. The van der Waals surface area contributed by atoms with Crippen LogP contribution in [0.1, 0.15) is 37.8 Å². The van der Waals surface area contributed by atoms with Gasteiger partial charge in [-0.2, -0.15) is 0 Å². The lowest BCUT2D eigenvalue weighted by Crippen LogP contribution is -2.07. The van der Waals surface area contributed by atoms with E-state index in [9.17, 15) is 8.42 Å². The Morgan fingerprint density at radius 1 is 0.733 bits per heavy atom. The van der Waals surface area contributed by atoms with Crippen LogP contribution in [0.2, 0.25) is 0 Å². The van der Waals surface area contributed by atoms with Gasteiger partial charge in [-0.3, -0.25) is 0 Å². The van der Waals surface area contributed by atoms with E-state index in [1.807, 2.05) is 13.8 Å². The van der Waals surface area contributed by atoms with E-state index in [0.717, 1.165) is 36.8 Å². The van der Waals surface area contributed by atoms with Crippen molar-refractivity contribution in [2.24, 2.45) is 0 Å². The first-order valence-corrected chi connectivity index (χ1v) is 12.9. The minimum Gasteiger partial charge on any atom is -0.491 e. The third-order valence-electron chi connectivity index (χ3n) is 4.32. The highest BCUT2D eigenvalue weighted by Crippen LogP contribution is 2.28. The first-order chi connectivity index (χ1) is 14.5. The molecule has 8 heteroatoms. The molecule has 0 amide bonds. The summed E-state index contributed by atoms with van der Waals surface area (Å²) in [6.07, 6.45) is 3.22. The SMILES string of the molecule is CCCc1cc(S(=O)S(=O)c2ccc(OCCO)c(CCC)c2)ccc1OCCO. The van der Waals surface area contributed by atoms with Crippen LogP contribution in [0.15, 0.2) is 46.2 Å². The van der Waals surface area contributed by atoms with Gasteiger partial charge in [-0.1, -0.05) is 26.7 Å². The summed E-state index contributed by atoms with van der Waals surface area (Å²) in [5.74, 6) is 1.29. The molecular weight excluding hydrogens is 424 g/mol. The van der Waals surface area contributed by atoms with E-state index in [0.29, 0.717) is 21.3 Å². The van der Waals surface area contributed by atoms with Gasteiger partial charge in [0.05, 0.1) is 23.0 Å². The minimum atomic E-state index is -1.74. The normalized spacial score (nSPS) is 13.1. The van der Waals surface area contributed by atoms with Crippen LogP contribution in [0.4, 0.5) is 0 Å². The molecule has 2 aromatic rings. The lowest BCUT2D eigenvalue weighted by Gasteiger charge is -2.13. The number of ether oxygens (including phenoxy) is 2. The lowest BCUT2D eigenvalue weighted by atomic mass is 10.1. The molecule has 30 heavy (non-hydrogen) atoms. The average molecular weight is 455 g/mol. The molecule has 2 aromatic carbocycles. The molecule has 0 radical (unpaired) electrons. The smallest absolute Gasteiger partial charge is 0.148 e. The summed E-state index contributed by atoms with van der Waals surface area (Å²) < 4.78 is 37.1. The summed E-state index contributed by atoms with van der Waals surface area (Å²) in [5, 5.41) is 18.0. The van der Waals surface area contributed by atoms with Gasteiger partial charge in [0.25, 0.3) is 0 Å². The molecule has 0 saturated heterocycles. The van der Waals surface area contributed by atoms with Gasteiger partial charge in [-0.15, -0.1) is 0 Å². The molecule has 0 heterocycles. The molecule has 2 atom stereocenters. The molecule has 0 spiro atoms. The Balaban J connectivity index is 2.28. The van der Waals surface area contributed by atoms with Crippen molar-refractivity contribution in [3.63, 3.8) is 0 Å². The largest absolute Gasteiger partial charge is 0.491 e. The van der Waals surface area contributed by atoms with Crippen LogP contribution in [0.3, 0.4) is 0 Å². The molecule has 0 saturated carbocycles. The van der Waals surface area contributed by atoms with E-state index in [1.165, 1.54) is 0 Å². The van der Waals surface area contributed by atoms with E-state index in [1.54, 1.807) is 36.4 Å². The Hall–Kier alpha value is -1.74. The maximum absolute atomic E-state index is 13.0. The molecule has 0 aliphatic rings. The highest BCUT2D eigenvalue weighted by Gasteiger charge is 2.18. The third kappa shape index (κ3) is 6.63. The standard InChI is InChI=1S/C22H30O6S2/c1-3-5-17-15-19(7-9-21(17)27-13-11-23)29(25)30(26)20-8-10-22(28-14-12-24)18(16-20)6-4-2/h7-10,15-16,23-24H,3-6,11-14H2,1-2H3. The molecule has 0 aliphatic carbocycles. The van der Waals surface area contributed by atoms with Gasteiger partial charge < -0.3 is 19.7 Å². The lowest BCUT2D eigenvalue weighted by molar-refractivity contribution is 0.200. The number of benzene rings is 2. The molecule has 2 unspecified atom stereocenters. The van der Waals surface area contributed by atoms with Gasteiger partial charge in [0, 0.05) is 0 Å². The van der Waals surface area contributed by atoms with Crippen LogP contribution in [0, 0.1) is 0 Å². The van der Waals surface area contributed by atoms with Crippen molar-refractivity contribution in [1.29, 1.82) is 0 Å². The van der Waals surface area contributed by atoms with Crippen LogP contribution >= 0.6 is 0 Å². The average Bonchev–Trinajstić information content (AvgIpc) is 2.76. The Kier molecular flexibility index (Phi) is 10.5. The van der Waals surface area contributed by atoms with Crippen molar-refractivity contribution in [2.75, 3.05) is 26.4 Å². The number of aliphatic hydroxyl groups excluding tert-OH is 2. The second-order valence-corrected chi connectivity index (χ2v) is 10.4. The predicted octanol–water partition coefficient (Wildman–Crippen LogP) is 3.16. The summed E-state index contributed by atoms with van der Waals surface area (Å²) in [7, 11) is -3.49. The molecule has 2 rings (SSSR count). The van der Waals surface area contributed by atoms with Gasteiger partial charge in [-0.25, -0.2) is 8.42 Å². The molecule has 6 nitrogen and oxygen atoms in total. The summed E-state index contributed by atoms with van der Waals surface area (Å²) in [6.45, 7) is 4.29. The van der Waals surface area contributed by atoms with E-state index in [-0.39, 0.29) is 26.4 Å². The topological polar surface area (TPSA) is 93.1 Å². The van der Waals surface area contributed by atoms with Crippen LogP contribution in [0.5, 0.6) is 11.5 Å². The zero-order chi connectivity index (χ0) is 21.9. The molecule has 166 valence electrons. The highest BCUT2D eigenvalue weighted by molar-refractivity contribution is 8.61. The molecule has 2 N–H and O–H groups in total. The first-order valence-electron chi connectivity index (χ1n) is 10.1. The number of aryl methyl sites for hydroxylation is 2. The molecule has 0 aliphatic heterocycles. The summed E-state index contributed by atoms with van der Waals surface area (Å²) >= 11 is 0. The van der Waals surface area contributed by atoms with Gasteiger partial charge >= 0.3 is 0 Å². The fourth-order valence-electron chi connectivity index (χ4n) is 3.02. The van der Waals surface area contributed by atoms with Crippen molar-refractivity contribution in [2.45, 2.75) is 49.3 Å². The maximum atomic E-state index is 13.0. The van der Waals surface area contributed by atoms with Gasteiger partial charge in [0.1, 0.15) is 44.4 Å². The van der Waals surface area contributed by atoms with E-state index < -0.39 is 19.7 Å². The molecular formula is C22H30O6S2. The number of aliphatic hydroxyl groups is 2. The quantitative estimate of drug-likeness (QED) is 0.452. The Bertz CT molecular complexity index is 797. The van der Waals surface area contributed by atoms with E-state index >= 15 is 0 Å². The van der Waals surface area contributed by atoms with Crippen molar-refractivity contribution in [1.82, 2.24) is 0 Å². The van der Waals surface area contributed by atoms with Crippen molar-refractivity contribution < 1.29 is 28.1 Å². The predicted molar refractivity (Wildman–Crippen MR) is 119 cm³/mol. The summed E-state index contributed by atoms with van der Waals surface area (Å²) in [6, 6.07) is 10.3. The Morgan fingerprint density at radius 3 is 1.47 bits per heavy atom. The zero-order valence-electron chi connectivity index (χ0n) is 17.5. The van der Waals surface area contributed by atoms with Crippen molar-refractivity contribution in [3.05, 3.63) is 47.5 Å². The van der Waals surface area contributed by atoms with E-state index in [4.69, 9.17) is 19.7 Å². The van der Waals surface area contributed by atoms with Crippen LogP contribution in [-0.2, 0) is 32.5 Å².